The van der Waals surface area contributed by atoms with Crippen LogP contribution in [0.5, 0.6) is 5.75 Å². The lowest BCUT2D eigenvalue weighted by molar-refractivity contribution is -0.119. The van der Waals surface area contributed by atoms with Crippen LogP contribution in [-0.4, -0.2) is 44.8 Å². The van der Waals surface area contributed by atoms with Crippen LogP contribution in [0.15, 0.2) is 18.2 Å². The van der Waals surface area contributed by atoms with Gasteiger partial charge in [-0.1, -0.05) is 11.6 Å². The van der Waals surface area contributed by atoms with Crippen LogP contribution >= 0.6 is 11.6 Å². The Hall–Kier alpha value is -1.49. The van der Waals surface area contributed by atoms with E-state index in [1.807, 2.05) is 0 Å². The summed E-state index contributed by atoms with van der Waals surface area (Å²) in [5, 5.41) is 7.80. The first kappa shape index (κ1) is 19.3. The SMILES string of the molecule is COc1ccc(Cl)cc1NC(=O)[C@@H]1C(F)(F)C12CCN(S(N)(=O)=O)CC2. The van der Waals surface area contributed by atoms with Gasteiger partial charge in [0.1, 0.15) is 11.7 Å². The highest BCUT2D eigenvalue weighted by molar-refractivity contribution is 7.86. The zero-order chi connectivity index (χ0) is 19.3. The summed E-state index contributed by atoms with van der Waals surface area (Å²) in [4.78, 5) is 12.5. The summed E-state index contributed by atoms with van der Waals surface area (Å²) in [6.45, 7) is -0.280. The zero-order valence-corrected chi connectivity index (χ0v) is 15.4. The molecule has 2 aliphatic rings. The highest BCUT2D eigenvalue weighted by Gasteiger charge is 2.83. The fourth-order valence-corrected chi connectivity index (χ4v) is 4.53. The topological polar surface area (TPSA) is 102 Å². The van der Waals surface area contributed by atoms with E-state index in [9.17, 15) is 22.0 Å². The quantitative estimate of drug-likeness (QED) is 0.792. The summed E-state index contributed by atoms with van der Waals surface area (Å²) in [6, 6.07) is 4.48. The predicted octanol–water partition coefficient (Wildman–Crippen LogP) is 1.84. The number of amides is 1. The van der Waals surface area contributed by atoms with Gasteiger partial charge in [-0.3, -0.25) is 4.79 Å². The Morgan fingerprint density at radius 3 is 2.54 bits per heavy atom. The zero-order valence-electron chi connectivity index (χ0n) is 13.8. The van der Waals surface area contributed by atoms with Crippen molar-refractivity contribution in [3.8, 4) is 5.75 Å². The van der Waals surface area contributed by atoms with E-state index in [0.29, 0.717) is 10.8 Å². The summed E-state index contributed by atoms with van der Waals surface area (Å²) in [6.07, 6.45) is -0.275. The molecule has 3 N–H and O–H groups in total. The summed E-state index contributed by atoms with van der Waals surface area (Å²) in [5.41, 5.74) is -1.35. The average Bonchev–Trinajstić information content (AvgIpc) is 3.01. The van der Waals surface area contributed by atoms with Crippen LogP contribution in [0.3, 0.4) is 0 Å². The Morgan fingerprint density at radius 2 is 2.00 bits per heavy atom. The van der Waals surface area contributed by atoms with Gasteiger partial charge in [0.15, 0.2) is 0 Å². The molecule has 1 heterocycles. The minimum Gasteiger partial charge on any atom is -0.495 e. The summed E-state index contributed by atoms with van der Waals surface area (Å²) in [7, 11) is -2.54. The molecule has 0 bridgehead atoms. The smallest absolute Gasteiger partial charge is 0.276 e. The first-order valence-corrected chi connectivity index (χ1v) is 9.71. The lowest BCUT2D eigenvalue weighted by Gasteiger charge is -2.30. The number of hydrogen-bond acceptors (Lipinski definition) is 4. The third-order valence-electron chi connectivity index (χ3n) is 5.15. The second-order valence-corrected chi connectivity index (χ2v) is 8.47. The van der Waals surface area contributed by atoms with Crippen molar-refractivity contribution in [2.24, 2.45) is 16.5 Å². The van der Waals surface area contributed by atoms with Crippen molar-refractivity contribution in [1.29, 1.82) is 0 Å². The fourth-order valence-electron chi connectivity index (χ4n) is 3.67. The molecule has 11 heteroatoms. The highest BCUT2D eigenvalue weighted by Crippen LogP contribution is 2.71. The number of halogens is 3. The van der Waals surface area contributed by atoms with E-state index < -0.39 is 33.4 Å². The lowest BCUT2D eigenvalue weighted by atomic mass is 9.91. The van der Waals surface area contributed by atoms with Gasteiger partial charge < -0.3 is 10.1 Å². The van der Waals surface area contributed by atoms with Gasteiger partial charge in [-0.05, 0) is 31.0 Å². The van der Waals surface area contributed by atoms with E-state index in [1.165, 1.54) is 19.2 Å². The van der Waals surface area contributed by atoms with Crippen LogP contribution in [0.2, 0.25) is 5.02 Å². The number of piperidine rings is 1. The molecule has 1 amide bonds. The molecule has 144 valence electrons. The first-order valence-electron chi connectivity index (χ1n) is 7.83. The average molecular weight is 410 g/mol. The van der Waals surface area contributed by atoms with Gasteiger partial charge in [-0.2, -0.15) is 12.7 Å². The molecule has 1 aliphatic carbocycles. The van der Waals surface area contributed by atoms with Gasteiger partial charge in [0, 0.05) is 18.1 Å². The number of ether oxygens (including phenoxy) is 1. The maximum absolute atomic E-state index is 14.5. The number of nitrogens with zero attached hydrogens (tertiary/aromatic N) is 1. The van der Waals surface area contributed by atoms with E-state index in [0.717, 1.165) is 4.31 Å². The molecule has 1 saturated heterocycles. The summed E-state index contributed by atoms with van der Waals surface area (Å²) < 4.78 is 57.7. The molecule has 1 atom stereocenters. The molecule has 2 fully saturated rings. The number of benzene rings is 1. The number of rotatable bonds is 4. The largest absolute Gasteiger partial charge is 0.495 e. The molecule has 0 radical (unpaired) electrons. The van der Waals surface area contributed by atoms with E-state index in [2.05, 4.69) is 5.32 Å². The number of nitrogens with two attached hydrogens (primary N) is 1. The van der Waals surface area contributed by atoms with Crippen LogP contribution in [0.4, 0.5) is 14.5 Å². The van der Waals surface area contributed by atoms with Crippen molar-refractivity contribution < 1.29 is 26.7 Å². The van der Waals surface area contributed by atoms with Gasteiger partial charge in [-0.25, -0.2) is 13.9 Å². The number of alkyl halides is 2. The number of methoxy groups -OCH3 is 1. The molecule has 1 saturated carbocycles. The van der Waals surface area contributed by atoms with Crippen molar-refractivity contribution in [2.75, 3.05) is 25.5 Å². The highest BCUT2D eigenvalue weighted by atomic mass is 35.5. The third kappa shape index (κ3) is 3.04. The van der Waals surface area contributed by atoms with E-state index >= 15 is 0 Å². The molecular formula is C15H18ClF2N3O4S. The fraction of sp³-hybridized carbons (Fsp3) is 0.533. The van der Waals surface area contributed by atoms with Crippen molar-refractivity contribution in [1.82, 2.24) is 4.31 Å². The standard InChI is InChI=1S/C15H18ClF2N3O4S/c1-25-11-3-2-9(16)8-10(11)20-13(22)12-14(15(12,17)18)4-6-21(7-5-14)26(19,23)24/h2-3,8,12H,4-7H2,1H3,(H,20,22)(H2,19,23,24)/t12-/m0/s1. The monoisotopic (exact) mass is 409 g/mol. The minimum atomic E-state index is -3.93. The predicted molar refractivity (Wildman–Crippen MR) is 91.4 cm³/mol. The van der Waals surface area contributed by atoms with Crippen LogP contribution in [0.1, 0.15) is 12.8 Å². The minimum absolute atomic E-state index is 0.138. The Labute approximate surface area is 154 Å². The van der Waals surface area contributed by atoms with Crippen LogP contribution in [0.25, 0.3) is 0 Å². The van der Waals surface area contributed by atoms with Crippen molar-refractivity contribution >= 4 is 33.4 Å². The van der Waals surface area contributed by atoms with Crippen molar-refractivity contribution in [3.05, 3.63) is 23.2 Å². The van der Waals surface area contributed by atoms with Gasteiger partial charge in [0.25, 0.3) is 16.1 Å². The van der Waals surface area contributed by atoms with Crippen LogP contribution < -0.4 is 15.2 Å². The molecular weight excluding hydrogens is 392 g/mol. The molecule has 3 rings (SSSR count). The number of carbonyl (C=O) groups is 1. The molecule has 1 aromatic rings. The Morgan fingerprint density at radius 1 is 1.38 bits per heavy atom. The number of anilines is 1. The van der Waals surface area contributed by atoms with E-state index in [4.69, 9.17) is 21.5 Å². The molecule has 0 unspecified atom stereocenters. The molecule has 0 aromatic heterocycles. The van der Waals surface area contributed by atoms with Crippen LogP contribution in [-0.2, 0) is 15.0 Å². The van der Waals surface area contributed by atoms with Gasteiger partial charge in [0.2, 0.25) is 5.91 Å². The lowest BCUT2D eigenvalue weighted by Crippen LogP contribution is -2.44. The maximum atomic E-state index is 14.5. The molecule has 7 nitrogen and oxygen atoms in total. The second kappa shape index (κ2) is 6.29. The van der Waals surface area contributed by atoms with Crippen molar-refractivity contribution in [3.63, 3.8) is 0 Å². The van der Waals surface area contributed by atoms with Gasteiger partial charge >= 0.3 is 0 Å². The molecule has 1 aromatic carbocycles. The Balaban J connectivity index is 1.76. The Bertz CT molecular complexity index is 841. The van der Waals surface area contributed by atoms with Crippen LogP contribution in [0, 0.1) is 11.3 Å². The second-order valence-electron chi connectivity index (χ2n) is 6.49. The first-order chi connectivity index (χ1) is 12.0. The number of carbonyl (C=O) groups excluding carboxylic acids is 1. The number of nitrogens with one attached hydrogen (secondary N) is 1. The summed E-state index contributed by atoms with van der Waals surface area (Å²) >= 11 is 5.88. The molecule has 1 aliphatic heterocycles. The normalized spacial score (nSPS) is 24.3. The maximum Gasteiger partial charge on any atom is 0.276 e. The molecule has 1 spiro atoms. The summed E-state index contributed by atoms with van der Waals surface area (Å²) in [5.74, 6) is -5.31. The van der Waals surface area contributed by atoms with E-state index in [-0.39, 0.29) is 31.6 Å². The van der Waals surface area contributed by atoms with Gasteiger partial charge in [0.05, 0.1) is 18.2 Å². The van der Waals surface area contributed by atoms with Crippen molar-refractivity contribution in [2.45, 2.75) is 18.8 Å². The molecule has 26 heavy (non-hydrogen) atoms. The van der Waals surface area contributed by atoms with Gasteiger partial charge in [-0.15, -0.1) is 0 Å². The third-order valence-corrected chi connectivity index (χ3v) is 6.47. The Kier molecular flexibility index (Phi) is 4.67. The number of hydrogen-bond donors (Lipinski definition) is 2. The van der Waals surface area contributed by atoms with E-state index in [1.54, 1.807) is 6.07 Å².